The van der Waals surface area contributed by atoms with Crippen molar-refractivity contribution < 1.29 is 0 Å². The molecule has 0 aliphatic carbocycles. The molecule has 1 aliphatic heterocycles. The number of para-hydroxylation sites is 1. The monoisotopic (exact) mass is 344 g/mol. The average Bonchev–Trinajstić information content (AvgIpc) is 3.19. The molecule has 0 saturated carbocycles. The van der Waals surface area contributed by atoms with Gasteiger partial charge in [0.1, 0.15) is 0 Å². The van der Waals surface area contributed by atoms with Gasteiger partial charge in [-0.05, 0) is 24.6 Å². The summed E-state index contributed by atoms with van der Waals surface area (Å²) in [5.74, 6) is 1.33. The van der Waals surface area contributed by atoms with Gasteiger partial charge in [-0.25, -0.2) is 9.99 Å². The molecular formula is C20H20N6. The summed E-state index contributed by atoms with van der Waals surface area (Å²) in [5.41, 5.74) is 5.42. The highest BCUT2D eigenvalue weighted by atomic mass is 15.8. The van der Waals surface area contributed by atoms with Gasteiger partial charge in [0.2, 0.25) is 5.95 Å². The highest BCUT2D eigenvalue weighted by Gasteiger charge is 2.20. The van der Waals surface area contributed by atoms with Crippen molar-refractivity contribution in [3.8, 4) is 0 Å². The molecule has 2 aromatic carbocycles. The summed E-state index contributed by atoms with van der Waals surface area (Å²) in [6.45, 7) is 2.09. The Balaban J connectivity index is 1.54. The highest BCUT2D eigenvalue weighted by molar-refractivity contribution is 5.59. The van der Waals surface area contributed by atoms with E-state index in [1.807, 2.05) is 77.1 Å². The molecule has 0 radical (unpaired) electrons. The lowest BCUT2D eigenvalue weighted by atomic mass is 10.1. The van der Waals surface area contributed by atoms with Gasteiger partial charge in [0, 0.05) is 24.7 Å². The number of nitrogens with one attached hydrogen (secondary N) is 2. The van der Waals surface area contributed by atoms with Crippen molar-refractivity contribution in [2.45, 2.75) is 13.0 Å². The van der Waals surface area contributed by atoms with Crippen molar-refractivity contribution in [2.24, 2.45) is 0 Å². The summed E-state index contributed by atoms with van der Waals surface area (Å²) in [6.07, 6.45) is 5.58. The van der Waals surface area contributed by atoms with Crippen LogP contribution in [0.2, 0.25) is 0 Å². The summed E-state index contributed by atoms with van der Waals surface area (Å²) in [6, 6.07) is 22.3. The van der Waals surface area contributed by atoms with E-state index < -0.39 is 0 Å². The number of nitrogens with zero attached hydrogens (tertiary/aromatic N) is 4. The first-order chi connectivity index (χ1) is 12.8. The van der Waals surface area contributed by atoms with Crippen LogP contribution in [-0.4, -0.2) is 9.97 Å². The number of anilines is 3. The average molecular weight is 344 g/mol. The van der Waals surface area contributed by atoms with Gasteiger partial charge in [-0.15, -0.1) is 0 Å². The molecule has 1 aromatic heterocycles. The second kappa shape index (κ2) is 7.14. The van der Waals surface area contributed by atoms with Crippen LogP contribution in [0, 0.1) is 0 Å². The number of aromatic nitrogens is 2. The predicted molar refractivity (Wildman–Crippen MR) is 104 cm³/mol. The first-order valence-electron chi connectivity index (χ1n) is 8.53. The molecule has 0 saturated heterocycles. The molecule has 0 fully saturated rings. The van der Waals surface area contributed by atoms with E-state index in [1.54, 1.807) is 6.20 Å². The van der Waals surface area contributed by atoms with Crippen LogP contribution in [0.1, 0.15) is 18.5 Å². The largest absolute Gasteiger partial charge is 0.348 e. The quantitative estimate of drug-likeness (QED) is 0.733. The second-order valence-corrected chi connectivity index (χ2v) is 5.95. The van der Waals surface area contributed by atoms with Crippen LogP contribution in [-0.2, 0) is 0 Å². The minimum Gasteiger partial charge on any atom is -0.348 e. The second-order valence-electron chi connectivity index (χ2n) is 5.95. The Bertz CT molecular complexity index is 881. The maximum Gasteiger partial charge on any atom is 0.225 e. The topological polar surface area (TPSA) is 56.3 Å². The Morgan fingerprint density at radius 2 is 1.69 bits per heavy atom. The van der Waals surface area contributed by atoms with E-state index in [2.05, 4.69) is 39.8 Å². The molecule has 1 unspecified atom stereocenters. The van der Waals surface area contributed by atoms with E-state index >= 15 is 0 Å². The molecule has 1 aliphatic rings. The number of benzene rings is 2. The molecule has 130 valence electrons. The molecule has 26 heavy (non-hydrogen) atoms. The van der Waals surface area contributed by atoms with E-state index in [0.29, 0.717) is 5.95 Å². The third-order valence-electron chi connectivity index (χ3n) is 4.15. The number of hydrazine groups is 2. The maximum absolute atomic E-state index is 4.66. The smallest absolute Gasteiger partial charge is 0.225 e. The van der Waals surface area contributed by atoms with Crippen molar-refractivity contribution in [2.75, 3.05) is 15.4 Å². The molecule has 0 spiro atoms. The van der Waals surface area contributed by atoms with Crippen molar-refractivity contribution in [3.63, 3.8) is 0 Å². The van der Waals surface area contributed by atoms with Crippen molar-refractivity contribution >= 4 is 17.5 Å². The predicted octanol–water partition coefficient (Wildman–Crippen LogP) is 3.87. The van der Waals surface area contributed by atoms with Gasteiger partial charge in [-0.2, -0.15) is 10.1 Å². The summed E-state index contributed by atoms with van der Waals surface area (Å²) < 4.78 is 0. The Hall–Kier alpha value is -3.54. The van der Waals surface area contributed by atoms with Crippen molar-refractivity contribution in [3.05, 3.63) is 90.9 Å². The Morgan fingerprint density at radius 3 is 2.46 bits per heavy atom. The first kappa shape index (κ1) is 16.0. The Labute approximate surface area is 152 Å². The normalized spacial score (nSPS) is 14.2. The van der Waals surface area contributed by atoms with Crippen LogP contribution in [0.4, 0.5) is 17.5 Å². The summed E-state index contributed by atoms with van der Waals surface area (Å²) in [5, 5.41) is 7.22. The molecule has 3 aromatic rings. The van der Waals surface area contributed by atoms with Crippen LogP contribution in [0.3, 0.4) is 0 Å². The fourth-order valence-electron chi connectivity index (χ4n) is 2.82. The van der Waals surface area contributed by atoms with Gasteiger partial charge < -0.3 is 5.32 Å². The minimum absolute atomic E-state index is 0.112. The van der Waals surface area contributed by atoms with Crippen molar-refractivity contribution in [1.29, 1.82) is 0 Å². The number of hydrogen-bond donors (Lipinski definition) is 2. The van der Waals surface area contributed by atoms with Crippen LogP contribution in [0.5, 0.6) is 0 Å². The van der Waals surface area contributed by atoms with Crippen LogP contribution in [0.15, 0.2) is 85.3 Å². The molecule has 6 heteroatoms. The van der Waals surface area contributed by atoms with E-state index in [9.17, 15) is 0 Å². The third-order valence-corrected chi connectivity index (χ3v) is 4.15. The highest BCUT2D eigenvalue weighted by Crippen LogP contribution is 2.24. The van der Waals surface area contributed by atoms with Crippen LogP contribution >= 0.6 is 0 Å². The van der Waals surface area contributed by atoms with Crippen LogP contribution < -0.4 is 20.9 Å². The summed E-state index contributed by atoms with van der Waals surface area (Å²) >= 11 is 0. The zero-order valence-electron chi connectivity index (χ0n) is 14.4. The lowest BCUT2D eigenvalue weighted by Crippen LogP contribution is -2.42. The van der Waals surface area contributed by atoms with Gasteiger partial charge >= 0.3 is 0 Å². The van der Waals surface area contributed by atoms with Gasteiger partial charge in [-0.3, -0.25) is 5.43 Å². The maximum atomic E-state index is 4.66. The molecule has 0 amide bonds. The van der Waals surface area contributed by atoms with Gasteiger partial charge in [0.05, 0.1) is 11.7 Å². The lowest BCUT2D eigenvalue weighted by molar-refractivity contribution is 0.768. The molecule has 6 nitrogen and oxygen atoms in total. The molecular weight excluding hydrogens is 324 g/mol. The van der Waals surface area contributed by atoms with Crippen LogP contribution in [0.25, 0.3) is 0 Å². The lowest BCUT2D eigenvalue weighted by Gasteiger charge is -2.29. The van der Waals surface area contributed by atoms with Gasteiger partial charge in [-0.1, -0.05) is 48.5 Å². The molecule has 2 heterocycles. The summed E-state index contributed by atoms with van der Waals surface area (Å²) in [7, 11) is 0. The van der Waals surface area contributed by atoms with E-state index in [1.165, 1.54) is 5.56 Å². The molecule has 2 N–H and O–H groups in total. The zero-order valence-corrected chi connectivity index (χ0v) is 14.4. The van der Waals surface area contributed by atoms with E-state index in [4.69, 9.17) is 0 Å². The Kier molecular flexibility index (Phi) is 4.38. The molecule has 0 bridgehead atoms. The fourth-order valence-corrected chi connectivity index (χ4v) is 2.82. The zero-order chi connectivity index (χ0) is 17.8. The molecule has 4 rings (SSSR count). The third kappa shape index (κ3) is 3.30. The van der Waals surface area contributed by atoms with Gasteiger partial charge in [0.25, 0.3) is 0 Å². The first-order valence-corrected chi connectivity index (χ1v) is 8.53. The van der Waals surface area contributed by atoms with E-state index in [-0.39, 0.29) is 6.04 Å². The molecule has 1 atom stereocenters. The standard InChI is InChI=1S/C20H20N6/c1-16(17-8-4-2-5-9-17)23-20-21-13-12-19(24-20)26-22-14-15-25(26)18-10-6-3-7-11-18/h2-16,22H,1H3,(H,21,23,24). The van der Waals surface area contributed by atoms with E-state index in [0.717, 1.165) is 11.5 Å². The SMILES string of the molecule is CC(Nc1nccc(N2NC=CN2c2ccccc2)n1)c1ccccc1. The fraction of sp³-hybridized carbons (Fsp3) is 0.100. The number of rotatable bonds is 5. The van der Waals surface area contributed by atoms with Crippen molar-refractivity contribution in [1.82, 2.24) is 15.4 Å². The minimum atomic E-state index is 0.112. The summed E-state index contributed by atoms with van der Waals surface area (Å²) in [4.78, 5) is 9.01. The number of hydrogen-bond acceptors (Lipinski definition) is 6. The van der Waals surface area contributed by atoms with Gasteiger partial charge in [0.15, 0.2) is 5.82 Å². The Morgan fingerprint density at radius 1 is 0.962 bits per heavy atom.